The molecule has 3 N–H and O–H groups in total. The summed E-state index contributed by atoms with van der Waals surface area (Å²) in [7, 11) is 0. The van der Waals surface area contributed by atoms with Crippen molar-refractivity contribution in [2.75, 3.05) is 26.2 Å². The van der Waals surface area contributed by atoms with Crippen molar-refractivity contribution in [2.45, 2.75) is 19.4 Å². The Morgan fingerprint density at radius 1 is 1.36 bits per heavy atom. The second-order valence-electron chi connectivity index (χ2n) is 5.13. The Labute approximate surface area is 136 Å². The third-order valence-corrected chi connectivity index (χ3v) is 3.55. The van der Waals surface area contributed by atoms with Gasteiger partial charge >= 0.3 is 0 Å². The van der Waals surface area contributed by atoms with Crippen LogP contribution in [0, 0.1) is 0 Å². The van der Waals surface area contributed by atoms with Gasteiger partial charge in [-0.25, -0.2) is 0 Å². The molecule has 1 fully saturated rings. The number of hydrogen-bond acceptors (Lipinski definition) is 4. The maximum atomic E-state index is 12.1. The maximum Gasteiger partial charge on any atom is 0.248 e. The smallest absolute Gasteiger partial charge is 0.248 e. The van der Waals surface area contributed by atoms with Gasteiger partial charge in [0.05, 0.1) is 13.0 Å². The van der Waals surface area contributed by atoms with E-state index in [9.17, 15) is 9.59 Å². The van der Waals surface area contributed by atoms with Crippen LogP contribution in [0.5, 0.6) is 5.75 Å². The number of hydrogen-bond donors (Lipinski definition) is 2. The van der Waals surface area contributed by atoms with Gasteiger partial charge in [-0.3, -0.25) is 9.59 Å². The van der Waals surface area contributed by atoms with E-state index in [0.717, 1.165) is 19.6 Å². The fourth-order valence-electron chi connectivity index (χ4n) is 2.33. The maximum absolute atomic E-state index is 12.1. The molecule has 1 atom stereocenters. The minimum atomic E-state index is -0.468. The Morgan fingerprint density at radius 2 is 2.05 bits per heavy atom. The van der Waals surface area contributed by atoms with Crippen molar-refractivity contribution in [2.24, 2.45) is 5.73 Å². The molecule has 1 heterocycles. The molecule has 0 spiro atoms. The van der Waals surface area contributed by atoms with Gasteiger partial charge in [0.1, 0.15) is 5.75 Å². The predicted molar refractivity (Wildman–Crippen MR) is 86.4 cm³/mol. The SMILES string of the molecule is C[C@@H]1CNCCN1C(=O)CCOc1ccc(C(N)=O)cc1.Cl. The van der Waals surface area contributed by atoms with Gasteiger partial charge in [0.15, 0.2) is 0 Å². The first-order chi connectivity index (χ1) is 10.1. The number of halogens is 1. The highest BCUT2D eigenvalue weighted by atomic mass is 35.5. The van der Waals surface area contributed by atoms with Crippen LogP contribution in [-0.4, -0.2) is 49.0 Å². The van der Waals surface area contributed by atoms with E-state index in [-0.39, 0.29) is 24.4 Å². The summed E-state index contributed by atoms with van der Waals surface area (Å²) in [6.45, 7) is 4.78. The topological polar surface area (TPSA) is 84.7 Å². The molecule has 22 heavy (non-hydrogen) atoms. The molecule has 1 aromatic carbocycles. The number of primary amides is 1. The molecule has 1 aliphatic heterocycles. The summed E-state index contributed by atoms with van der Waals surface area (Å²) >= 11 is 0. The zero-order valence-electron chi connectivity index (χ0n) is 12.6. The zero-order chi connectivity index (χ0) is 15.2. The van der Waals surface area contributed by atoms with Crippen LogP contribution < -0.4 is 15.8 Å². The van der Waals surface area contributed by atoms with E-state index in [1.165, 1.54) is 0 Å². The Morgan fingerprint density at radius 3 is 2.64 bits per heavy atom. The molecule has 0 aliphatic carbocycles. The van der Waals surface area contributed by atoms with Crippen LogP contribution in [-0.2, 0) is 4.79 Å². The first-order valence-electron chi connectivity index (χ1n) is 7.11. The molecule has 0 bridgehead atoms. The molecule has 0 radical (unpaired) electrons. The van der Waals surface area contributed by atoms with E-state index in [1.807, 2.05) is 11.8 Å². The molecule has 0 aromatic heterocycles. The van der Waals surface area contributed by atoms with E-state index in [0.29, 0.717) is 24.3 Å². The van der Waals surface area contributed by atoms with E-state index < -0.39 is 5.91 Å². The summed E-state index contributed by atoms with van der Waals surface area (Å²) in [5.41, 5.74) is 5.60. The van der Waals surface area contributed by atoms with Crippen LogP contribution >= 0.6 is 12.4 Å². The van der Waals surface area contributed by atoms with Crippen LogP contribution in [0.4, 0.5) is 0 Å². The van der Waals surface area contributed by atoms with Crippen molar-refractivity contribution >= 4 is 24.2 Å². The molecule has 0 unspecified atom stereocenters. The van der Waals surface area contributed by atoms with E-state index in [4.69, 9.17) is 10.5 Å². The number of nitrogens with one attached hydrogen (secondary N) is 1. The minimum absolute atomic E-state index is 0. The molecule has 1 aromatic rings. The van der Waals surface area contributed by atoms with Crippen LogP contribution in [0.25, 0.3) is 0 Å². The first-order valence-corrected chi connectivity index (χ1v) is 7.11. The van der Waals surface area contributed by atoms with Gasteiger partial charge in [-0.2, -0.15) is 0 Å². The number of ether oxygens (including phenoxy) is 1. The van der Waals surface area contributed by atoms with Gasteiger partial charge in [0, 0.05) is 31.2 Å². The lowest BCUT2D eigenvalue weighted by Crippen LogP contribution is -2.52. The number of benzene rings is 1. The van der Waals surface area contributed by atoms with Crippen LogP contribution in [0.1, 0.15) is 23.7 Å². The van der Waals surface area contributed by atoms with Crippen molar-refractivity contribution in [3.63, 3.8) is 0 Å². The summed E-state index contributed by atoms with van der Waals surface area (Å²) in [5, 5.41) is 3.25. The van der Waals surface area contributed by atoms with Gasteiger partial charge in [-0.05, 0) is 31.2 Å². The summed E-state index contributed by atoms with van der Waals surface area (Å²) in [4.78, 5) is 24.9. The summed E-state index contributed by atoms with van der Waals surface area (Å²) < 4.78 is 5.52. The van der Waals surface area contributed by atoms with E-state index in [1.54, 1.807) is 24.3 Å². The standard InChI is InChI=1S/C15H21N3O3.ClH/c1-11-10-17-7-8-18(11)14(19)6-9-21-13-4-2-12(3-5-13)15(16)20;/h2-5,11,17H,6-10H2,1H3,(H2,16,20);1H/t11-;/m1./s1. The van der Waals surface area contributed by atoms with Gasteiger partial charge in [-0.15, -0.1) is 12.4 Å². The highest BCUT2D eigenvalue weighted by Gasteiger charge is 2.22. The number of amides is 2. The third kappa shape index (κ3) is 4.89. The second kappa shape index (κ2) is 8.60. The van der Waals surface area contributed by atoms with Crippen molar-refractivity contribution in [1.82, 2.24) is 10.2 Å². The Bertz CT molecular complexity index is 507. The van der Waals surface area contributed by atoms with Gasteiger partial charge < -0.3 is 20.7 Å². The number of nitrogens with zero attached hydrogens (tertiary/aromatic N) is 1. The number of piperazine rings is 1. The Kier molecular flexibility index (Phi) is 7.14. The first kappa shape index (κ1) is 18.3. The van der Waals surface area contributed by atoms with Crippen LogP contribution in [0.15, 0.2) is 24.3 Å². The average Bonchev–Trinajstić information content (AvgIpc) is 2.48. The van der Waals surface area contributed by atoms with Crippen molar-refractivity contribution in [3.8, 4) is 5.75 Å². The highest BCUT2D eigenvalue weighted by molar-refractivity contribution is 5.92. The molecule has 1 aliphatic rings. The Balaban J connectivity index is 0.00000242. The van der Waals surface area contributed by atoms with Gasteiger partial charge in [0.2, 0.25) is 11.8 Å². The van der Waals surface area contributed by atoms with Gasteiger partial charge in [0.25, 0.3) is 0 Å². The molecule has 7 heteroatoms. The monoisotopic (exact) mass is 327 g/mol. The van der Waals surface area contributed by atoms with Crippen LogP contribution in [0.3, 0.4) is 0 Å². The molecule has 2 rings (SSSR count). The lowest BCUT2D eigenvalue weighted by molar-refractivity contribution is -0.134. The number of carbonyl (C=O) groups is 2. The van der Waals surface area contributed by atoms with Crippen molar-refractivity contribution in [1.29, 1.82) is 0 Å². The predicted octanol–water partition coefficient (Wildman–Crippen LogP) is 0.796. The largest absolute Gasteiger partial charge is 0.493 e. The average molecular weight is 328 g/mol. The fourth-order valence-corrected chi connectivity index (χ4v) is 2.33. The number of nitrogens with two attached hydrogens (primary N) is 1. The molecular formula is C15H22ClN3O3. The highest BCUT2D eigenvalue weighted by Crippen LogP contribution is 2.12. The zero-order valence-corrected chi connectivity index (χ0v) is 13.4. The summed E-state index contributed by atoms with van der Waals surface area (Å²) in [5.74, 6) is 0.267. The Hall–Kier alpha value is -1.79. The molecule has 6 nitrogen and oxygen atoms in total. The molecule has 2 amide bonds. The lowest BCUT2D eigenvalue weighted by atomic mass is 10.2. The molecule has 1 saturated heterocycles. The summed E-state index contributed by atoms with van der Waals surface area (Å²) in [6.07, 6.45) is 0.349. The van der Waals surface area contributed by atoms with Crippen molar-refractivity contribution in [3.05, 3.63) is 29.8 Å². The number of rotatable bonds is 5. The minimum Gasteiger partial charge on any atom is -0.493 e. The molecule has 0 saturated carbocycles. The number of carbonyl (C=O) groups excluding carboxylic acids is 2. The molecule has 122 valence electrons. The fraction of sp³-hybridized carbons (Fsp3) is 0.467. The second-order valence-corrected chi connectivity index (χ2v) is 5.13. The van der Waals surface area contributed by atoms with Crippen LogP contribution in [0.2, 0.25) is 0 Å². The molecular weight excluding hydrogens is 306 g/mol. The quantitative estimate of drug-likeness (QED) is 0.837. The lowest BCUT2D eigenvalue weighted by Gasteiger charge is -2.34. The normalized spacial score (nSPS) is 17.5. The van der Waals surface area contributed by atoms with Crippen molar-refractivity contribution < 1.29 is 14.3 Å². The van der Waals surface area contributed by atoms with E-state index >= 15 is 0 Å². The summed E-state index contributed by atoms with van der Waals surface area (Å²) in [6, 6.07) is 6.80. The third-order valence-electron chi connectivity index (χ3n) is 3.55. The van der Waals surface area contributed by atoms with Gasteiger partial charge in [-0.1, -0.05) is 0 Å². The van der Waals surface area contributed by atoms with E-state index in [2.05, 4.69) is 5.32 Å².